The van der Waals surface area contributed by atoms with E-state index in [-0.39, 0.29) is 6.10 Å². The Hall–Kier alpha value is -2.33. The van der Waals surface area contributed by atoms with Gasteiger partial charge in [-0.1, -0.05) is 52.5 Å². The van der Waals surface area contributed by atoms with Crippen LogP contribution in [0.2, 0.25) is 0 Å². The minimum Gasteiger partial charge on any atom is -0.393 e. The molecule has 0 atom stereocenters. The SMILES string of the molecule is C=C(Cc1ccc(N2CCC(O)CC2)cc1CC(C)C)N=C(C)/C(=C\C)N(C)C(=C)CCC. The first-order valence-electron chi connectivity index (χ1n) is 12.5. The fourth-order valence-electron chi connectivity index (χ4n) is 4.56. The smallest absolute Gasteiger partial charge is 0.0608 e. The van der Waals surface area contributed by atoms with Crippen LogP contribution in [0.1, 0.15) is 71.4 Å². The van der Waals surface area contributed by atoms with Gasteiger partial charge in [-0.3, -0.25) is 4.99 Å². The lowest BCUT2D eigenvalue weighted by Crippen LogP contribution is -2.35. The van der Waals surface area contributed by atoms with Crippen LogP contribution in [0.3, 0.4) is 0 Å². The highest BCUT2D eigenvalue weighted by Crippen LogP contribution is 2.27. The van der Waals surface area contributed by atoms with Gasteiger partial charge in [-0.15, -0.1) is 0 Å². The van der Waals surface area contributed by atoms with Gasteiger partial charge in [-0.05, 0) is 68.7 Å². The zero-order chi connectivity index (χ0) is 24.5. The third kappa shape index (κ3) is 7.89. The van der Waals surface area contributed by atoms with Gasteiger partial charge in [0, 0.05) is 43.6 Å². The van der Waals surface area contributed by atoms with Crippen LogP contribution in [0.4, 0.5) is 5.69 Å². The Labute approximate surface area is 202 Å². The molecule has 33 heavy (non-hydrogen) atoms. The van der Waals surface area contributed by atoms with Crippen LogP contribution in [0, 0.1) is 5.92 Å². The summed E-state index contributed by atoms with van der Waals surface area (Å²) in [7, 11) is 2.06. The molecule has 1 saturated heterocycles. The summed E-state index contributed by atoms with van der Waals surface area (Å²) in [5.74, 6) is 0.577. The third-order valence-electron chi connectivity index (χ3n) is 6.39. The summed E-state index contributed by atoms with van der Waals surface area (Å²) in [5.41, 5.74) is 7.97. The largest absolute Gasteiger partial charge is 0.393 e. The number of benzene rings is 1. The van der Waals surface area contributed by atoms with E-state index >= 15 is 0 Å². The van der Waals surface area contributed by atoms with Gasteiger partial charge >= 0.3 is 0 Å². The van der Waals surface area contributed by atoms with E-state index in [0.29, 0.717) is 5.92 Å². The standard InChI is InChI=1S/C29H45N3O/c1-9-11-23(6)31(8)29(10-2)24(7)30-22(5)19-25-12-13-27(20-26(25)18-21(3)4)32-16-14-28(33)15-17-32/h10,12-13,20-21,28,33H,5-6,9,11,14-19H2,1-4,7-8H3/b29-10+,30-24?. The van der Waals surface area contributed by atoms with Crippen molar-refractivity contribution in [3.63, 3.8) is 0 Å². The Balaban J connectivity index is 2.20. The Kier molecular flexibility index (Phi) is 10.4. The minimum atomic E-state index is -0.152. The number of nitrogens with zero attached hydrogens (tertiary/aromatic N) is 3. The van der Waals surface area contributed by atoms with E-state index in [1.807, 2.05) is 6.92 Å². The zero-order valence-electron chi connectivity index (χ0n) is 21.8. The number of piperidine rings is 1. The van der Waals surface area contributed by atoms with Crippen LogP contribution >= 0.6 is 0 Å². The molecule has 0 amide bonds. The zero-order valence-corrected chi connectivity index (χ0v) is 21.8. The first-order chi connectivity index (χ1) is 15.7. The average Bonchev–Trinajstić information content (AvgIpc) is 2.75. The van der Waals surface area contributed by atoms with Crippen LogP contribution in [0.5, 0.6) is 0 Å². The molecular weight excluding hydrogens is 406 g/mol. The van der Waals surface area contributed by atoms with Crippen molar-refractivity contribution >= 4 is 11.4 Å². The quantitative estimate of drug-likeness (QED) is 0.390. The normalized spacial score (nSPS) is 15.8. The van der Waals surface area contributed by atoms with Gasteiger partial charge in [0.2, 0.25) is 0 Å². The third-order valence-corrected chi connectivity index (χ3v) is 6.39. The number of hydrogen-bond donors (Lipinski definition) is 1. The van der Waals surface area contributed by atoms with E-state index < -0.39 is 0 Å². The summed E-state index contributed by atoms with van der Waals surface area (Å²) >= 11 is 0. The molecule has 1 aliphatic heterocycles. The minimum absolute atomic E-state index is 0.152. The molecule has 0 aliphatic carbocycles. The second-order valence-electron chi connectivity index (χ2n) is 9.76. The first-order valence-corrected chi connectivity index (χ1v) is 12.5. The van der Waals surface area contributed by atoms with E-state index in [1.54, 1.807) is 0 Å². The van der Waals surface area contributed by atoms with Crippen molar-refractivity contribution in [2.24, 2.45) is 10.9 Å². The Morgan fingerprint density at radius 3 is 2.48 bits per heavy atom. The maximum atomic E-state index is 9.85. The highest BCUT2D eigenvalue weighted by molar-refractivity contribution is 5.98. The van der Waals surface area contributed by atoms with Crippen molar-refractivity contribution in [2.75, 3.05) is 25.0 Å². The summed E-state index contributed by atoms with van der Waals surface area (Å²) in [6.07, 6.45) is 7.47. The molecule has 1 fully saturated rings. The molecule has 4 heteroatoms. The van der Waals surface area contributed by atoms with Crippen LogP contribution in [-0.2, 0) is 12.8 Å². The van der Waals surface area contributed by atoms with Gasteiger partial charge in [-0.2, -0.15) is 0 Å². The molecule has 0 aromatic heterocycles. The topological polar surface area (TPSA) is 39.1 Å². The molecule has 2 rings (SSSR count). The number of rotatable bonds is 11. The molecule has 0 spiro atoms. The lowest BCUT2D eigenvalue weighted by atomic mass is 9.94. The van der Waals surface area contributed by atoms with Gasteiger partial charge in [0.15, 0.2) is 0 Å². The summed E-state index contributed by atoms with van der Waals surface area (Å²) < 4.78 is 0. The van der Waals surface area contributed by atoms with Crippen molar-refractivity contribution in [2.45, 2.75) is 79.2 Å². The number of allylic oxidation sites excluding steroid dienone is 4. The fourth-order valence-corrected chi connectivity index (χ4v) is 4.56. The monoisotopic (exact) mass is 451 g/mol. The molecule has 1 N–H and O–H groups in total. The summed E-state index contributed by atoms with van der Waals surface area (Å²) in [4.78, 5) is 9.42. The molecule has 1 heterocycles. The highest BCUT2D eigenvalue weighted by Gasteiger charge is 2.18. The summed E-state index contributed by atoms with van der Waals surface area (Å²) in [6, 6.07) is 6.82. The molecule has 1 aromatic rings. The van der Waals surface area contributed by atoms with E-state index in [0.717, 1.165) is 74.4 Å². The number of aliphatic hydroxyl groups is 1. The molecule has 182 valence electrons. The maximum Gasteiger partial charge on any atom is 0.0608 e. The predicted molar refractivity (Wildman–Crippen MR) is 144 cm³/mol. The highest BCUT2D eigenvalue weighted by atomic mass is 16.3. The lowest BCUT2D eigenvalue weighted by molar-refractivity contribution is 0.145. The van der Waals surface area contributed by atoms with Crippen molar-refractivity contribution in [1.29, 1.82) is 0 Å². The van der Waals surface area contributed by atoms with E-state index in [2.05, 4.69) is 82.0 Å². The molecule has 1 aromatic carbocycles. The van der Waals surface area contributed by atoms with E-state index in [9.17, 15) is 5.11 Å². The lowest BCUT2D eigenvalue weighted by Gasteiger charge is -2.32. The van der Waals surface area contributed by atoms with Crippen LogP contribution in [0.15, 0.2) is 59.5 Å². The number of anilines is 1. The number of hydrogen-bond acceptors (Lipinski definition) is 4. The fraction of sp³-hybridized carbons (Fsp3) is 0.552. The van der Waals surface area contributed by atoms with Gasteiger partial charge < -0.3 is 14.9 Å². The van der Waals surface area contributed by atoms with Crippen molar-refractivity contribution in [3.8, 4) is 0 Å². The molecule has 1 aliphatic rings. The molecule has 0 unspecified atom stereocenters. The molecule has 4 nitrogen and oxygen atoms in total. The van der Waals surface area contributed by atoms with Crippen molar-refractivity contribution < 1.29 is 5.11 Å². The maximum absolute atomic E-state index is 9.85. The number of aliphatic hydroxyl groups excluding tert-OH is 1. The van der Waals surface area contributed by atoms with Crippen LogP contribution in [-0.4, -0.2) is 42.0 Å². The molecular formula is C29H45N3O. The van der Waals surface area contributed by atoms with Gasteiger partial charge in [0.05, 0.1) is 17.5 Å². The first kappa shape index (κ1) is 26.9. The summed E-state index contributed by atoms with van der Waals surface area (Å²) in [5, 5.41) is 9.85. The van der Waals surface area contributed by atoms with Gasteiger partial charge in [0.25, 0.3) is 0 Å². The van der Waals surface area contributed by atoms with Crippen LogP contribution < -0.4 is 4.90 Å². The Morgan fingerprint density at radius 1 is 1.24 bits per heavy atom. The van der Waals surface area contributed by atoms with Crippen molar-refractivity contribution in [3.05, 3.63) is 65.7 Å². The number of aliphatic imine (C=N–C) groups is 1. The Morgan fingerprint density at radius 2 is 1.91 bits per heavy atom. The molecule has 0 bridgehead atoms. The average molecular weight is 452 g/mol. The predicted octanol–water partition coefficient (Wildman–Crippen LogP) is 6.51. The van der Waals surface area contributed by atoms with E-state index in [1.165, 1.54) is 16.8 Å². The van der Waals surface area contributed by atoms with Crippen LogP contribution in [0.25, 0.3) is 0 Å². The molecule has 0 saturated carbocycles. The Bertz CT molecular complexity index is 873. The molecule has 0 radical (unpaired) electrons. The second kappa shape index (κ2) is 12.8. The summed E-state index contributed by atoms with van der Waals surface area (Å²) in [6.45, 7) is 21.2. The van der Waals surface area contributed by atoms with Crippen molar-refractivity contribution in [1.82, 2.24) is 4.90 Å². The van der Waals surface area contributed by atoms with Gasteiger partial charge in [-0.25, -0.2) is 0 Å². The van der Waals surface area contributed by atoms with Gasteiger partial charge in [0.1, 0.15) is 0 Å². The second-order valence-corrected chi connectivity index (χ2v) is 9.76. The van der Waals surface area contributed by atoms with E-state index in [4.69, 9.17) is 4.99 Å².